The van der Waals surface area contributed by atoms with E-state index in [1.807, 2.05) is 24.3 Å². The molecule has 3 unspecified atom stereocenters. The summed E-state index contributed by atoms with van der Waals surface area (Å²) in [6.07, 6.45) is 1.80. The SMILES string of the molecule is CC(C)(C)CC1CNC(C(=O)NCCCO)CC1(C#N)c1ccc(Cl)cc1. The number of piperidine rings is 1. The third-order valence-corrected chi connectivity index (χ3v) is 5.45. The molecular formula is C21H30ClN3O2. The van der Waals surface area contributed by atoms with Crippen LogP contribution in [0.4, 0.5) is 0 Å². The minimum Gasteiger partial charge on any atom is -0.396 e. The molecule has 1 heterocycles. The van der Waals surface area contributed by atoms with E-state index >= 15 is 0 Å². The number of hydrogen-bond acceptors (Lipinski definition) is 4. The summed E-state index contributed by atoms with van der Waals surface area (Å²) in [4.78, 5) is 12.6. The van der Waals surface area contributed by atoms with Crippen LogP contribution >= 0.6 is 11.6 Å². The molecule has 1 saturated heterocycles. The largest absolute Gasteiger partial charge is 0.396 e. The summed E-state index contributed by atoms with van der Waals surface area (Å²) in [6, 6.07) is 9.58. The lowest BCUT2D eigenvalue weighted by Gasteiger charge is -2.45. The Morgan fingerprint density at radius 1 is 1.41 bits per heavy atom. The summed E-state index contributed by atoms with van der Waals surface area (Å²) in [5.41, 5.74) is 0.234. The lowest BCUT2D eigenvalue weighted by atomic mass is 9.61. The van der Waals surface area contributed by atoms with Gasteiger partial charge in [-0.15, -0.1) is 0 Å². The van der Waals surface area contributed by atoms with E-state index in [0.29, 0.717) is 31.0 Å². The Hall–Kier alpha value is -1.61. The highest BCUT2D eigenvalue weighted by Crippen LogP contribution is 2.44. The van der Waals surface area contributed by atoms with Crippen LogP contribution in [-0.4, -0.2) is 36.8 Å². The fourth-order valence-corrected chi connectivity index (χ4v) is 4.03. The Labute approximate surface area is 167 Å². The summed E-state index contributed by atoms with van der Waals surface area (Å²) in [5, 5.41) is 26.0. The first kappa shape index (κ1) is 21.7. The van der Waals surface area contributed by atoms with E-state index in [1.165, 1.54) is 0 Å². The summed E-state index contributed by atoms with van der Waals surface area (Å²) >= 11 is 6.05. The number of aliphatic hydroxyl groups is 1. The number of aliphatic hydroxyl groups excluding tert-OH is 1. The highest BCUT2D eigenvalue weighted by molar-refractivity contribution is 6.30. The van der Waals surface area contributed by atoms with E-state index in [4.69, 9.17) is 16.7 Å². The molecule has 0 bridgehead atoms. The molecule has 1 amide bonds. The zero-order valence-electron chi connectivity index (χ0n) is 16.4. The van der Waals surface area contributed by atoms with Crippen LogP contribution in [0, 0.1) is 22.7 Å². The monoisotopic (exact) mass is 391 g/mol. The standard InChI is InChI=1S/C21H30ClN3O2/c1-20(2,3)11-16-13-25-18(19(27)24-9-4-10-26)12-21(16,14-23)15-5-7-17(22)8-6-15/h5-8,16,18,25-26H,4,9-13H2,1-3H3,(H,24,27). The topological polar surface area (TPSA) is 85.2 Å². The molecule has 1 aliphatic heterocycles. The van der Waals surface area contributed by atoms with Gasteiger partial charge in [0.2, 0.25) is 5.91 Å². The molecule has 0 spiro atoms. The maximum absolute atomic E-state index is 12.6. The van der Waals surface area contributed by atoms with Crippen molar-refractivity contribution < 1.29 is 9.90 Å². The second-order valence-electron chi connectivity index (χ2n) is 8.58. The lowest BCUT2D eigenvalue weighted by Crippen LogP contribution is -2.58. The van der Waals surface area contributed by atoms with Gasteiger partial charge in [-0.05, 0) is 48.3 Å². The van der Waals surface area contributed by atoms with E-state index in [-0.39, 0.29) is 23.8 Å². The van der Waals surface area contributed by atoms with Gasteiger partial charge in [-0.2, -0.15) is 5.26 Å². The number of benzene rings is 1. The molecule has 1 aromatic carbocycles. The molecule has 2 rings (SSSR count). The Bertz CT molecular complexity index is 678. The normalized spacial score (nSPS) is 25.6. The number of nitrogens with zero attached hydrogens (tertiary/aromatic N) is 1. The Morgan fingerprint density at radius 3 is 2.63 bits per heavy atom. The summed E-state index contributed by atoms with van der Waals surface area (Å²) in [6.45, 7) is 7.59. The molecule has 148 valence electrons. The second-order valence-corrected chi connectivity index (χ2v) is 9.02. The minimum atomic E-state index is -0.748. The predicted molar refractivity (Wildman–Crippen MR) is 107 cm³/mol. The van der Waals surface area contributed by atoms with Gasteiger partial charge in [0.1, 0.15) is 0 Å². The number of amides is 1. The number of hydrogen-bond donors (Lipinski definition) is 3. The molecule has 5 nitrogen and oxygen atoms in total. The Balaban J connectivity index is 2.32. The second kappa shape index (κ2) is 9.05. The fraction of sp³-hybridized carbons (Fsp3) is 0.619. The van der Waals surface area contributed by atoms with E-state index in [9.17, 15) is 10.1 Å². The molecule has 3 atom stereocenters. The molecule has 1 fully saturated rings. The van der Waals surface area contributed by atoms with Crippen molar-refractivity contribution in [3.05, 3.63) is 34.9 Å². The van der Waals surface area contributed by atoms with Gasteiger partial charge < -0.3 is 15.7 Å². The first-order chi connectivity index (χ1) is 12.7. The van der Waals surface area contributed by atoms with Crippen LogP contribution < -0.4 is 10.6 Å². The first-order valence-electron chi connectivity index (χ1n) is 9.51. The van der Waals surface area contributed by atoms with Crippen molar-refractivity contribution in [2.45, 2.75) is 51.5 Å². The third kappa shape index (κ3) is 5.44. The molecule has 0 saturated carbocycles. The van der Waals surface area contributed by atoms with E-state index < -0.39 is 11.5 Å². The maximum atomic E-state index is 12.6. The number of nitrogens with one attached hydrogen (secondary N) is 2. The van der Waals surface area contributed by atoms with Crippen LogP contribution in [0.2, 0.25) is 5.02 Å². The van der Waals surface area contributed by atoms with E-state index in [2.05, 4.69) is 37.5 Å². The van der Waals surface area contributed by atoms with Crippen LogP contribution in [0.5, 0.6) is 0 Å². The average molecular weight is 392 g/mol. The zero-order chi connectivity index (χ0) is 20.1. The number of carbonyl (C=O) groups is 1. The van der Waals surface area contributed by atoms with Gasteiger partial charge in [-0.3, -0.25) is 4.79 Å². The quantitative estimate of drug-likeness (QED) is 0.650. The van der Waals surface area contributed by atoms with Gasteiger partial charge in [0, 0.05) is 24.7 Å². The van der Waals surface area contributed by atoms with Crippen LogP contribution in [-0.2, 0) is 10.2 Å². The molecule has 1 aromatic rings. The van der Waals surface area contributed by atoms with Gasteiger partial charge >= 0.3 is 0 Å². The molecule has 1 aliphatic rings. The van der Waals surface area contributed by atoms with Gasteiger partial charge in [0.25, 0.3) is 0 Å². The fourth-order valence-electron chi connectivity index (χ4n) is 3.91. The highest BCUT2D eigenvalue weighted by atomic mass is 35.5. The highest BCUT2D eigenvalue weighted by Gasteiger charge is 2.48. The Morgan fingerprint density at radius 2 is 2.07 bits per heavy atom. The average Bonchev–Trinajstić information content (AvgIpc) is 2.62. The smallest absolute Gasteiger partial charge is 0.237 e. The van der Waals surface area contributed by atoms with Crippen molar-refractivity contribution >= 4 is 17.5 Å². The first-order valence-corrected chi connectivity index (χ1v) is 9.89. The number of carbonyl (C=O) groups excluding carboxylic acids is 1. The van der Waals surface area contributed by atoms with Crippen LogP contribution in [0.15, 0.2) is 24.3 Å². The number of rotatable bonds is 6. The van der Waals surface area contributed by atoms with Gasteiger partial charge in [0.15, 0.2) is 0 Å². The molecule has 0 aromatic heterocycles. The van der Waals surface area contributed by atoms with Crippen molar-refractivity contribution in [3.63, 3.8) is 0 Å². The van der Waals surface area contributed by atoms with Crippen LogP contribution in [0.1, 0.15) is 45.6 Å². The lowest BCUT2D eigenvalue weighted by molar-refractivity contribution is -0.124. The number of nitriles is 1. The molecule has 27 heavy (non-hydrogen) atoms. The van der Waals surface area contributed by atoms with Gasteiger partial charge in [-0.25, -0.2) is 0 Å². The summed E-state index contributed by atoms with van der Waals surface area (Å²) in [7, 11) is 0. The van der Waals surface area contributed by atoms with E-state index in [0.717, 1.165) is 12.0 Å². The van der Waals surface area contributed by atoms with Crippen LogP contribution in [0.3, 0.4) is 0 Å². The van der Waals surface area contributed by atoms with Crippen molar-refractivity contribution in [2.24, 2.45) is 11.3 Å². The molecule has 0 radical (unpaired) electrons. The molecule has 0 aliphatic carbocycles. The summed E-state index contributed by atoms with van der Waals surface area (Å²) < 4.78 is 0. The minimum absolute atomic E-state index is 0.0406. The van der Waals surface area contributed by atoms with Crippen molar-refractivity contribution in [3.8, 4) is 6.07 Å². The van der Waals surface area contributed by atoms with Crippen molar-refractivity contribution in [1.82, 2.24) is 10.6 Å². The van der Waals surface area contributed by atoms with Crippen molar-refractivity contribution in [1.29, 1.82) is 5.26 Å². The van der Waals surface area contributed by atoms with Gasteiger partial charge in [-0.1, -0.05) is 44.5 Å². The molecule has 3 N–H and O–H groups in total. The molecular weight excluding hydrogens is 362 g/mol. The predicted octanol–water partition coefficient (Wildman–Crippen LogP) is 3.01. The molecule has 6 heteroatoms. The van der Waals surface area contributed by atoms with Gasteiger partial charge in [0.05, 0.1) is 17.5 Å². The Kier molecular flexibility index (Phi) is 7.27. The maximum Gasteiger partial charge on any atom is 0.237 e. The zero-order valence-corrected chi connectivity index (χ0v) is 17.1. The number of halogens is 1. The third-order valence-electron chi connectivity index (χ3n) is 5.20. The van der Waals surface area contributed by atoms with Crippen molar-refractivity contribution in [2.75, 3.05) is 19.7 Å². The summed E-state index contributed by atoms with van der Waals surface area (Å²) in [5.74, 6) is -0.0311. The van der Waals surface area contributed by atoms with Crippen LogP contribution in [0.25, 0.3) is 0 Å². The van der Waals surface area contributed by atoms with E-state index in [1.54, 1.807) is 0 Å².